The third-order valence-electron chi connectivity index (χ3n) is 4.75. The van der Waals surface area contributed by atoms with E-state index in [1.54, 1.807) is 0 Å². The molecule has 126 valence electrons. The van der Waals surface area contributed by atoms with Gasteiger partial charge in [-0.2, -0.15) is 13.2 Å². The molecule has 0 aromatic carbocycles. The molecule has 1 atom stereocenters. The number of alkyl halides is 3. The van der Waals surface area contributed by atoms with Crippen LogP contribution in [0.3, 0.4) is 0 Å². The lowest BCUT2D eigenvalue weighted by atomic mass is 9.71. The Bertz CT molecular complexity index is 280. The largest absolute Gasteiger partial charge is 0.389 e. The third kappa shape index (κ3) is 6.58. The summed E-state index contributed by atoms with van der Waals surface area (Å²) in [6, 6.07) is 0.254. The van der Waals surface area contributed by atoms with Crippen LogP contribution in [0.4, 0.5) is 13.2 Å². The number of rotatable bonds is 9. The molecule has 1 aliphatic carbocycles. The van der Waals surface area contributed by atoms with Crippen molar-refractivity contribution in [2.75, 3.05) is 6.54 Å². The van der Waals surface area contributed by atoms with E-state index in [0.717, 1.165) is 19.4 Å². The van der Waals surface area contributed by atoms with E-state index in [1.807, 2.05) is 0 Å². The van der Waals surface area contributed by atoms with Gasteiger partial charge in [0.05, 0.1) is 0 Å². The van der Waals surface area contributed by atoms with E-state index >= 15 is 0 Å². The number of hydrogen-bond acceptors (Lipinski definition) is 1. The van der Waals surface area contributed by atoms with Gasteiger partial charge < -0.3 is 5.32 Å². The lowest BCUT2D eigenvalue weighted by Crippen LogP contribution is -2.45. The maximum atomic E-state index is 12.4. The Labute approximate surface area is 128 Å². The average Bonchev–Trinajstić information content (AvgIpc) is 2.80. The molecule has 1 rings (SSSR count). The van der Waals surface area contributed by atoms with Crippen LogP contribution < -0.4 is 5.32 Å². The van der Waals surface area contributed by atoms with Gasteiger partial charge in [0.2, 0.25) is 0 Å². The summed E-state index contributed by atoms with van der Waals surface area (Å²) in [4.78, 5) is 0. The van der Waals surface area contributed by atoms with Gasteiger partial charge in [0.25, 0.3) is 0 Å². The summed E-state index contributed by atoms with van der Waals surface area (Å²) in [6.45, 7) is 7.49. The zero-order chi connectivity index (χ0) is 15.9. The molecule has 1 saturated carbocycles. The first-order valence-electron chi connectivity index (χ1n) is 8.59. The third-order valence-corrected chi connectivity index (χ3v) is 4.75. The molecule has 0 aliphatic heterocycles. The summed E-state index contributed by atoms with van der Waals surface area (Å²) in [5, 5.41) is 3.58. The van der Waals surface area contributed by atoms with Gasteiger partial charge in [-0.1, -0.05) is 33.6 Å². The second-order valence-corrected chi connectivity index (χ2v) is 7.18. The highest BCUT2D eigenvalue weighted by Crippen LogP contribution is 2.47. The molecule has 0 heterocycles. The van der Waals surface area contributed by atoms with Gasteiger partial charge in [0.15, 0.2) is 0 Å². The molecule has 1 N–H and O–H groups in total. The topological polar surface area (TPSA) is 12.0 Å². The Hall–Kier alpha value is -0.250. The van der Waals surface area contributed by atoms with Gasteiger partial charge in [-0.05, 0) is 56.4 Å². The molecule has 0 aromatic heterocycles. The van der Waals surface area contributed by atoms with Crippen molar-refractivity contribution in [2.45, 2.75) is 90.8 Å². The predicted molar refractivity (Wildman–Crippen MR) is 82.3 cm³/mol. The quantitative estimate of drug-likeness (QED) is 0.576. The molecule has 0 spiro atoms. The number of hydrogen-bond donors (Lipinski definition) is 1. The van der Waals surface area contributed by atoms with E-state index in [2.05, 4.69) is 26.1 Å². The summed E-state index contributed by atoms with van der Waals surface area (Å²) in [5.74, 6) is 0.608. The molecule has 1 nitrogen and oxygen atoms in total. The fourth-order valence-corrected chi connectivity index (χ4v) is 4.04. The minimum absolute atomic E-state index is 0.231. The van der Waals surface area contributed by atoms with Crippen LogP contribution in [0, 0.1) is 11.3 Å². The van der Waals surface area contributed by atoms with Crippen LogP contribution in [0.5, 0.6) is 0 Å². The molecule has 1 fully saturated rings. The lowest BCUT2D eigenvalue weighted by molar-refractivity contribution is -0.136. The molecule has 1 unspecified atom stereocenters. The molecule has 1 aliphatic rings. The summed E-state index contributed by atoms with van der Waals surface area (Å²) in [6.07, 6.45) is 3.25. The molecule has 0 bridgehead atoms. The van der Waals surface area contributed by atoms with Crippen LogP contribution in [0.15, 0.2) is 0 Å². The highest BCUT2D eigenvalue weighted by Gasteiger charge is 2.41. The Morgan fingerprint density at radius 3 is 2.24 bits per heavy atom. The molecule has 0 aromatic rings. The Morgan fingerprint density at radius 2 is 1.76 bits per heavy atom. The highest BCUT2D eigenvalue weighted by atomic mass is 19.4. The molecule has 4 heteroatoms. The minimum atomic E-state index is -4.02. The van der Waals surface area contributed by atoms with Crippen molar-refractivity contribution < 1.29 is 13.2 Å². The van der Waals surface area contributed by atoms with E-state index in [0.29, 0.717) is 12.3 Å². The van der Waals surface area contributed by atoms with Gasteiger partial charge >= 0.3 is 6.18 Å². The van der Waals surface area contributed by atoms with E-state index in [4.69, 9.17) is 0 Å². The fraction of sp³-hybridized carbons (Fsp3) is 1.00. The fourth-order valence-electron chi connectivity index (χ4n) is 4.04. The van der Waals surface area contributed by atoms with Gasteiger partial charge in [0, 0.05) is 12.5 Å². The summed E-state index contributed by atoms with van der Waals surface area (Å²) < 4.78 is 37.3. The van der Waals surface area contributed by atoms with E-state index < -0.39 is 12.6 Å². The van der Waals surface area contributed by atoms with Crippen molar-refractivity contribution in [3.05, 3.63) is 0 Å². The van der Waals surface area contributed by atoms with Crippen LogP contribution in [-0.4, -0.2) is 18.8 Å². The van der Waals surface area contributed by atoms with Crippen LogP contribution in [-0.2, 0) is 0 Å². The summed E-state index contributed by atoms with van der Waals surface area (Å²) >= 11 is 0. The summed E-state index contributed by atoms with van der Waals surface area (Å²) in [5.41, 5.74) is 0.231. The maximum absolute atomic E-state index is 12.4. The molecular weight excluding hydrogens is 275 g/mol. The molecule has 21 heavy (non-hydrogen) atoms. The van der Waals surface area contributed by atoms with E-state index in [-0.39, 0.29) is 17.9 Å². The molecule has 0 radical (unpaired) electrons. The van der Waals surface area contributed by atoms with E-state index in [1.165, 1.54) is 25.7 Å². The first kappa shape index (κ1) is 18.8. The number of nitrogens with one attached hydrogen (secondary N) is 1. The van der Waals surface area contributed by atoms with Crippen LogP contribution in [0.25, 0.3) is 0 Å². The van der Waals surface area contributed by atoms with Crippen molar-refractivity contribution in [1.82, 2.24) is 5.32 Å². The van der Waals surface area contributed by atoms with Crippen LogP contribution in [0.1, 0.15) is 78.6 Å². The normalized spacial score (nSPS) is 20.1. The Kier molecular flexibility index (Phi) is 7.52. The van der Waals surface area contributed by atoms with E-state index in [9.17, 15) is 13.2 Å². The van der Waals surface area contributed by atoms with Crippen molar-refractivity contribution in [2.24, 2.45) is 11.3 Å². The lowest BCUT2D eigenvalue weighted by Gasteiger charge is -2.40. The first-order valence-corrected chi connectivity index (χ1v) is 8.59. The molecule has 0 amide bonds. The van der Waals surface area contributed by atoms with Crippen LogP contribution >= 0.6 is 0 Å². The second-order valence-electron chi connectivity index (χ2n) is 7.18. The average molecular weight is 307 g/mol. The summed E-state index contributed by atoms with van der Waals surface area (Å²) in [7, 11) is 0. The van der Waals surface area contributed by atoms with Crippen molar-refractivity contribution in [1.29, 1.82) is 0 Å². The van der Waals surface area contributed by atoms with Crippen LogP contribution in [0.2, 0.25) is 0 Å². The van der Waals surface area contributed by atoms with Gasteiger partial charge in [-0.25, -0.2) is 0 Å². The minimum Gasteiger partial charge on any atom is -0.313 e. The SMILES string of the molecule is CCCNC(CCCC(F)(F)F)C1(CC(C)C)CCCC1. The Balaban J connectivity index is 2.68. The van der Waals surface area contributed by atoms with Crippen molar-refractivity contribution in [3.63, 3.8) is 0 Å². The predicted octanol–water partition coefficient (Wildman–Crippen LogP) is 5.69. The standard InChI is InChI=1S/C17H32F3N/c1-4-12-21-15(8-7-11-17(18,19)20)16(13-14(2)3)9-5-6-10-16/h14-15,21H,4-13H2,1-3H3. The number of halogens is 3. The molecule has 0 saturated heterocycles. The second kappa shape index (κ2) is 8.40. The first-order chi connectivity index (χ1) is 9.79. The Morgan fingerprint density at radius 1 is 1.14 bits per heavy atom. The zero-order valence-electron chi connectivity index (χ0n) is 13.9. The smallest absolute Gasteiger partial charge is 0.313 e. The molecular formula is C17H32F3N. The van der Waals surface area contributed by atoms with Gasteiger partial charge in [-0.15, -0.1) is 0 Å². The van der Waals surface area contributed by atoms with Crippen molar-refractivity contribution in [3.8, 4) is 0 Å². The zero-order valence-corrected chi connectivity index (χ0v) is 13.9. The van der Waals surface area contributed by atoms with Gasteiger partial charge in [-0.3, -0.25) is 0 Å². The van der Waals surface area contributed by atoms with Gasteiger partial charge in [0.1, 0.15) is 0 Å². The highest BCUT2D eigenvalue weighted by molar-refractivity contribution is 4.95. The monoisotopic (exact) mass is 307 g/mol. The maximum Gasteiger partial charge on any atom is 0.389 e. The van der Waals surface area contributed by atoms with Crippen molar-refractivity contribution >= 4 is 0 Å².